The quantitative estimate of drug-likeness (QED) is 0.161. The van der Waals surface area contributed by atoms with Crippen LogP contribution in [0.3, 0.4) is 0 Å². The lowest BCUT2D eigenvalue weighted by atomic mass is 9.96. The average molecular weight is 653 g/mol. The molecule has 2 heterocycles. The van der Waals surface area contributed by atoms with E-state index in [0.717, 1.165) is 18.6 Å². The Morgan fingerprint density at radius 1 is 1.04 bits per heavy atom. The summed E-state index contributed by atoms with van der Waals surface area (Å²) < 4.78 is 59.3. The first-order valence-electron chi connectivity index (χ1n) is 15.3. The van der Waals surface area contributed by atoms with Gasteiger partial charge in [-0.2, -0.15) is 13.2 Å². The molecule has 1 saturated heterocycles. The fraction of sp³-hybridized carbons (Fsp3) is 0.343. The molecule has 1 aromatic heterocycles. The van der Waals surface area contributed by atoms with Gasteiger partial charge < -0.3 is 25.1 Å². The lowest BCUT2D eigenvalue weighted by Gasteiger charge is -2.30. The molecule has 8 nitrogen and oxygen atoms in total. The van der Waals surface area contributed by atoms with Crippen LogP contribution in [-0.4, -0.2) is 45.5 Å². The summed E-state index contributed by atoms with van der Waals surface area (Å²) in [6.07, 6.45) is -2.83. The largest absolute Gasteiger partial charge is 0.446 e. The Kier molecular flexibility index (Phi) is 10.4. The Labute approximate surface area is 269 Å². The van der Waals surface area contributed by atoms with E-state index in [-0.39, 0.29) is 35.2 Å². The van der Waals surface area contributed by atoms with Crippen LogP contribution in [-0.2, 0) is 19.4 Å². The molecule has 2 amide bonds. The highest BCUT2D eigenvalue weighted by atomic mass is 19.4. The van der Waals surface area contributed by atoms with Crippen molar-refractivity contribution in [3.8, 4) is 0 Å². The summed E-state index contributed by atoms with van der Waals surface area (Å²) in [6, 6.07) is 15.9. The van der Waals surface area contributed by atoms with Gasteiger partial charge in [0.05, 0.1) is 29.4 Å². The summed E-state index contributed by atoms with van der Waals surface area (Å²) in [5, 5.41) is 17.3. The third-order valence-corrected chi connectivity index (χ3v) is 8.24. The molecule has 0 saturated carbocycles. The zero-order valence-corrected chi connectivity index (χ0v) is 25.9. The molecule has 0 radical (unpaired) electrons. The normalized spacial score (nSPS) is 16.9. The number of nitrogens with zero attached hydrogens (tertiary/aromatic N) is 2. The molecule has 1 aliphatic heterocycles. The molecular weight excluding hydrogens is 616 g/mol. The topological polar surface area (TPSA) is 108 Å². The molecule has 248 valence electrons. The van der Waals surface area contributed by atoms with Crippen LogP contribution in [0.25, 0.3) is 0 Å². The maximum atomic E-state index is 13.9. The van der Waals surface area contributed by atoms with Gasteiger partial charge in [-0.15, -0.1) is 0 Å². The van der Waals surface area contributed by atoms with Gasteiger partial charge in [-0.25, -0.2) is 9.37 Å². The molecule has 1 aliphatic rings. The van der Waals surface area contributed by atoms with Crippen molar-refractivity contribution in [2.24, 2.45) is 0 Å². The molecule has 12 heteroatoms. The molecule has 0 aliphatic carbocycles. The van der Waals surface area contributed by atoms with E-state index in [1.165, 1.54) is 30.5 Å². The summed E-state index contributed by atoms with van der Waals surface area (Å²) in [4.78, 5) is 33.1. The second-order valence-electron chi connectivity index (χ2n) is 11.8. The molecule has 4 atom stereocenters. The Hall–Kier alpha value is -4.55. The number of aliphatic hydroxyl groups excluding tert-OH is 1. The van der Waals surface area contributed by atoms with Gasteiger partial charge >= 0.3 is 6.18 Å². The fourth-order valence-electron chi connectivity index (χ4n) is 5.83. The van der Waals surface area contributed by atoms with Crippen molar-refractivity contribution in [2.75, 3.05) is 6.54 Å². The van der Waals surface area contributed by atoms with E-state index in [0.29, 0.717) is 35.7 Å². The molecular formula is C35H36F4N4O4. The van der Waals surface area contributed by atoms with Crippen LogP contribution < -0.4 is 10.6 Å². The minimum atomic E-state index is -4.50. The minimum Gasteiger partial charge on any atom is -0.446 e. The van der Waals surface area contributed by atoms with Crippen molar-refractivity contribution in [3.63, 3.8) is 0 Å². The average Bonchev–Trinajstić information content (AvgIpc) is 3.73. The van der Waals surface area contributed by atoms with Crippen molar-refractivity contribution in [1.82, 2.24) is 20.5 Å². The summed E-state index contributed by atoms with van der Waals surface area (Å²) >= 11 is 0. The van der Waals surface area contributed by atoms with E-state index in [4.69, 9.17) is 4.42 Å². The smallest absolute Gasteiger partial charge is 0.416 e. The van der Waals surface area contributed by atoms with Gasteiger partial charge in [0.25, 0.3) is 11.8 Å². The Balaban J connectivity index is 1.32. The van der Waals surface area contributed by atoms with Crippen LogP contribution in [0, 0.1) is 6.92 Å². The van der Waals surface area contributed by atoms with Crippen LogP contribution in [0.5, 0.6) is 0 Å². The van der Waals surface area contributed by atoms with Gasteiger partial charge in [-0.05, 0) is 67.6 Å². The molecule has 5 rings (SSSR count). The van der Waals surface area contributed by atoms with Crippen LogP contribution in [0.1, 0.15) is 86.4 Å². The summed E-state index contributed by atoms with van der Waals surface area (Å²) in [5.41, 5.74) is 1.24. The third kappa shape index (κ3) is 8.06. The van der Waals surface area contributed by atoms with Crippen molar-refractivity contribution < 1.29 is 36.7 Å². The second kappa shape index (κ2) is 14.5. The number of hydrogen-bond donors (Lipinski definition) is 3. The maximum absolute atomic E-state index is 13.9. The number of aromatic nitrogens is 1. The molecule has 3 aromatic carbocycles. The van der Waals surface area contributed by atoms with Crippen molar-refractivity contribution in [3.05, 3.63) is 124 Å². The molecule has 3 N–H and O–H groups in total. The van der Waals surface area contributed by atoms with E-state index in [1.807, 2.05) is 0 Å². The number of benzene rings is 3. The number of likely N-dealkylation sites (tertiary alicyclic amines) is 1. The number of nitrogens with one attached hydrogen (secondary N) is 2. The number of carbonyl (C=O) groups is 2. The van der Waals surface area contributed by atoms with Crippen molar-refractivity contribution in [2.45, 2.75) is 70.3 Å². The molecule has 47 heavy (non-hydrogen) atoms. The zero-order valence-electron chi connectivity index (χ0n) is 25.9. The SMILES string of the molecule is Cc1coc(C2CCCN2C(=O)c2cc(CF)cc(C(=O)NC(C)C(O)C(NCc3cccc(C(F)(F)F)c3)c3ccccc3)c2)n1. The number of rotatable bonds is 11. The zero-order chi connectivity index (χ0) is 33.7. The number of aryl methyl sites for hydroxylation is 1. The van der Waals surface area contributed by atoms with Crippen LogP contribution in [0.4, 0.5) is 17.6 Å². The lowest BCUT2D eigenvalue weighted by molar-refractivity contribution is -0.137. The maximum Gasteiger partial charge on any atom is 0.416 e. The number of aliphatic hydroxyl groups is 1. The standard InChI is InChI=1S/C35H36F4N4O4/c1-21-20-47-33(41-21)29-12-7-13-43(29)34(46)27-15-24(18-36)14-26(17-27)32(45)42-22(2)31(44)30(25-9-4-3-5-10-25)40-19-23-8-6-11-28(16-23)35(37,38)39/h3-6,8-11,14-17,20,22,29-31,40,44H,7,12-13,18-19H2,1-2H3,(H,42,45). The molecule has 0 bridgehead atoms. The Morgan fingerprint density at radius 3 is 2.47 bits per heavy atom. The lowest BCUT2D eigenvalue weighted by Crippen LogP contribution is -2.47. The van der Waals surface area contributed by atoms with E-state index in [1.54, 1.807) is 55.1 Å². The summed E-state index contributed by atoms with van der Waals surface area (Å²) in [7, 11) is 0. The number of amides is 2. The van der Waals surface area contributed by atoms with Crippen molar-refractivity contribution in [1.29, 1.82) is 0 Å². The van der Waals surface area contributed by atoms with E-state index in [2.05, 4.69) is 15.6 Å². The van der Waals surface area contributed by atoms with E-state index < -0.39 is 42.5 Å². The highest BCUT2D eigenvalue weighted by Crippen LogP contribution is 2.33. The molecule has 4 unspecified atom stereocenters. The highest BCUT2D eigenvalue weighted by molar-refractivity contribution is 6.00. The molecule has 0 spiro atoms. The first-order valence-corrected chi connectivity index (χ1v) is 15.3. The van der Waals surface area contributed by atoms with Gasteiger partial charge in [-0.3, -0.25) is 9.59 Å². The number of carbonyl (C=O) groups excluding carboxylic acids is 2. The predicted octanol–water partition coefficient (Wildman–Crippen LogP) is 6.46. The monoisotopic (exact) mass is 652 g/mol. The number of halogens is 4. The second-order valence-corrected chi connectivity index (χ2v) is 11.8. The van der Waals surface area contributed by atoms with Crippen LogP contribution in [0.15, 0.2) is 83.5 Å². The summed E-state index contributed by atoms with van der Waals surface area (Å²) in [6.45, 7) is 2.93. The predicted molar refractivity (Wildman–Crippen MR) is 166 cm³/mol. The Morgan fingerprint density at radius 2 is 1.79 bits per heavy atom. The van der Waals surface area contributed by atoms with Gasteiger partial charge in [0.2, 0.25) is 5.89 Å². The van der Waals surface area contributed by atoms with Gasteiger partial charge in [0, 0.05) is 24.2 Å². The molecule has 1 fully saturated rings. The molecule has 4 aromatic rings. The number of oxazole rings is 1. The third-order valence-electron chi connectivity index (χ3n) is 8.24. The summed E-state index contributed by atoms with van der Waals surface area (Å²) in [5.74, 6) is -0.596. The van der Waals surface area contributed by atoms with Crippen molar-refractivity contribution >= 4 is 11.8 Å². The highest BCUT2D eigenvalue weighted by Gasteiger charge is 2.35. The van der Waals surface area contributed by atoms with Gasteiger partial charge in [-0.1, -0.05) is 48.5 Å². The fourth-order valence-corrected chi connectivity index (χ4v) is 5.83. The van der Waals surface area contributed by atoms with E-state index in [9.17, 15) is 32.3 Å². The minimum absolute atomic E-state index is 0.00973. The van der Waals surface area contributed by atoms with Crippen LogP contribution in [0.2, 0.25) is 0 Å². The first-order chi connectivity index (χ1) is 22.4. The van der Waals surface area contributed by atoms with Gasteiger partial charge in [0.1, 0.15) is 19.0 Å². The van der Waals surface area contributed by atoms with E-state index >= 15 is 0 Å². The number of hydrogen-bond acceptors (Lipinski definition) is 6. The van der Waals surface area contributed by atoms with Crippen LogP contribution >= 0.6 is 0 Å². The first kappa shape index (κ1) is 33.8. The number of alkyl halides is 4. The van der Waals surface area contributed by atoms with Gasteiger partial charge in [0.15, 0.2) is 0 Å². The Bertz CT molecular complexity index is 1690.